The van der Waals surface area contributed by atoms with E-state index in [0.29, 0.717) is 5.82 Å². The molecule has 0 amide bonds. The van der Waals surface area contributed by atoms with Gasteiger partial charge in [0.05, 0.1) is 5.69 Å². The molecule has 4 aromatic heterocycles. The molecule has 0 fully saturated rings. The maximum Gasteiger partial charge on any atom is 0.181 e. The van der Waals surface area contributed by atoms with Crippen molar-refractivity contribution in [3.05, 3.63) is 134 Å². The van der Waals surface area contributed by atoms with Gasteiger partial charge in [-0.2, -0.15) is 0 Å². The van der Waals surface area contributed by atoms with Crippen LogP contribution in [0, 0.1) is 0 Å². The highest BCUT2D eigenvalue weighted by Gasteiger charge is 2.23. The summed E-state index contributed by atoms with van der Waals surface area (Å²) in [6.07, 6.45) is 1.87. The van der Waals surface area contributed by atoms with Crippen molar-refractivity contribution < 1.29 is 13.3 Å². The number of hydrogen-bond acceptors (Lipinski definition) is 5. The lowest BCUT2D eigenvalue weighted by atomic mass is 10.0. The van der Waals surface area contributed by atoms with Gasteiger partial charge in [0.1, 0.15) is 27.9 Å². The molecule has 10 aromatic rings. The fraction of sp³-hybridized carbons (Fsp3) is 0. The lowest BCUT2D eigenvalue weighted by Gasteiger charge is -2.24. The second-order valence-electron chi connectivity index (χ2n) is 11.2. The van der Waals surface area contributed by atoms with Crippen LogP contribution in [0.15, 0.2) is 147 Å². The standard InChI is InChI=1S/C39H22N2O3/c1-2-8-26-23(7-1)13-17-35-37(26)30-19-20-40-39(38(30)44-35)41(24-15-18-34-31(21-24)28-10-4-6-12-33(28)42-34)25-14-16-29-27-9-3-5-11-32(27)43-36(29)22-25/h1-22H. The Hall–Kier alpha value is -6.07. The first-order valence-electron chi connectivity index (χ1n) is 14.6. The first-order valence-corrected chi connectivity index (χ1v) is 14.6. The Morgan fingerprint density at radius 2 is 1.07 bits per heavy atom. The minimum Gasteiger partial charge on any atom is -0.456 e. The van der Waals surface area contributed by atoms with E-state index in [0.717, 1.165) is 82.6 Å². The second-order valence-corrected chi connectivity index (χ2v) is 11.2. The molecule has 0 saturated carbocycles. The first kappa shape index (κ1) is 23.5. The number of benzene rings is 6. The van der Waals surface area contributed by atoms with Crippen LogP contribution in [0.3, 0.4) is 0 Å². The van der Waals surface area contributed by atoms with Crippen molar-refractivity contribution in [2.24, 2.45) is 0 Å². The molecule has 206 valence electrons. The van der Waals surface area contributed by atoms with Crippen LogP contribution in [0.5, 0.6) is 0 Å². The largest absolute Gasteiger partial charge is 0.456 e. The van der Waals surface area contributed by atoms with Gasteiger partial charge in [-0.15, -0.1) is 0 Å². The van der Waals surface area contributed by atoms with Gasteiger partial charge in [0.15, 0.2) is 11.4 Å². The summed E-state index contributed by atoms with van der Waals surface area (Å²) in [5.41, 5.74) is 6.77. The summed E-state index contributed by atoms with van der Waals surface area (Å²) in [7, 11) is 0. The monoisotopic (exact) mass is 566 g/mol. The molecular weight excluding hydrogens is 544 g/mol. The van der Waals surface area contributed by atoms with Gasteiger partial charge in [0.2, 0.25) is 0 Å². The van der Waals surface area contributed by atoms with Crippen LogP contribution >= 0.6 is 0 Å². The zero-order valence-electron chi connectivity index (χ0n) is 23.3. The van der Waals surface area contributed by atoms with Crippen molar-refractivity contribution >= 4 is 93.8 Å². The molecule has 5 heteroatoms. The molecule has 0 N–H and O–H groups in total. The number of anilines is 3. The molecule has 0 unspecified atom stereocenters. The Morgan fingerprint density at radius 3 is 1.93 bits per heavy atom. The van der Waals surface area contributed by atoms with Crippen molar-refractivity contribution in [2.75, 3.05) is 4.90 Å². The number of rotatable bonds is 3. The molecule has 0 aliphatic carbocycles. The van der Waals surface area contributed by atoms with Crippen LogP contribution in [-0.4, -0.2) is 4.98 Å². The predicted molar refractivity (Wildman–Crippen MR) is 178 cm³/mol. The van der Waals surface area contributed by atoms with Crippen molar-refractivity contribution in [2.45, 2.75) is 0 Å². The summed E-state index contributed by atoms with van der Waals surface area (Å²) in [5, 5.41) is 8.71. The fourth-order valence-corrected chi connectivity index (χ4v) is 6.72. The molecule has 0 aliphatic rings. The number of pyridine rings is 1. The summed E-state index contributed by atoms with van der Waals surface area (Å²) in [4.78, 5) is 7.12. The van der Waals surface area contributed by atoms with Gasteiger partial charge in [-0.05, 0) is 65.4 Å². The minimum atomic E-state index is 0.699. The molecule has 0 bridgehead atoms. The van der Waals surface area contributed by atoms with Crippen LogP contribution in [-0.2, 0) is 0 Å². The van der Waals surface area contributed by atoms with E-state index in [1.54, 1.807) is 0 Å². The molecule has 0 saturated heterocycles. The number of aromatic nitrogens is 1. The fourth-order valence-electron chi connectivity index (χ4n) is 6.72. The van der Waals surface area contributed by atoms with E-state index < -0.39 is 0 Å². The Kier molecular flexibility index (Phi) is 4.66. The van der Waals surface area contributed by atoms with Gasteiger partial charge in [-0.25, -0.2) is 4.98 Å². The summed E-state index contributed by atoms with van der Waals surface area (Å²) >= 11 is 0. The summed E-state index contributed by atoms with van der Waals surface area (Å²) in [5.74, 6) is 0.699. The zero-order chi connectivity index (χ0) is 28.8. The van der Waals surface area contributed by atoms with Crippen molar-refractivity contribution in [1.29, 1.82) is 0 Å². The van der Waals surface area contributed by atoms with Crippen LogP contribution in [0.4, 0.5) is 17.2 Å². The van der Waals surface area contributed by atoms with Gasteiger partial charge in [-0.3, -0.25) is 4.90 Å². The van der Waals surface area contributed by atoms with E-state index in [-0.39, 0.29) is 0 Å². The highest BCUT2D eigenvalue weighted by molar-refractivity contribution is 6.20. The number of furan rings is 3. The predicted octanol–water partition coefficient (Wildman–Crippen LogP) is 11.4. The number of fused-ring (bicyclic) bond motifs is 11. The van der Waals surface area contributed by atoms with Crippen molar-refractivity contribution in [3.8, 4) is 0 Å². The molecule has 5 nitrogen and oxygen atoms in total. The van der Waals surface area contributed by atoms with Gasteiger partial charge in [-0.1, -0.05) is 66.7 Å². The smallest absolute Gasteiger partial charge is 0.181 e. The summed E-state index contributed by atoms with van der Waals surface area (Å²) in [6, 6.07) is 43.5. The van der Waals surface area contributed by atoms with Gasteiger partial charge >= 0.3 is 0 Å². The molecular formula is C39H22N2O3. The second kappa shape index (κ2) is 8.72. The number of para-hydroxylation sites is 2. The third kappa shape index (κ3) is 3.26. The van der Waals surface area contributed by atoms with Crippen LogP contribution in [0.1, 0.15) is 0 Å². The lowest BCUT2D eigenvalue weighted by molar-refractivity contribution is 0.666. The van der Waals surface area contributed by atoms with E-state index in [2.05, 4.69) is 83.8 Å². The third-order valence-electron chi connectivity index (χ3n) is 8.71. The summed E-state index contributed by atoms with van der Waals surface area (Å²) < 4.78 is 19.1. The molecule has 44 heavy (non-hydrogen) atoms. The maximum atomic E-state index is 6.65. The first-order chi connectivity index (χ1) is 21.8. The molecule has 0 aliphatic heterocycles. The highest BCUT2D eigenvalue weighted by atomic mass is 16.3. The van der Waals surface area contributed by atoms with Crippen molar-refractivity contribution in [3.63, 3.8) is 0 Å². The zero-order valence-corrected chi connectivity index (χ0v) is 23.3. The SMILES string of the molecule is c1ccc2c(c1)ccc1oc3c(N(c4ccc5c(c4)oc4ccccc45)c4ccc5oc6ccccc6c5c4)nccc3c12. The van der Waals surface area contributed by atoms with E-state index in [1.807, 2.05) is 54.7 Å². The summed E-state index contributed by atoms with van der Waals surface area (Å²) in [6.45, 7) is 0. The molecule has 4 heterocycles. The maximum absolute atomic E-state index is 6.65. The van der Waals surface area contributed by atoms with Crippen LogP contribution < -0.4 is 4.90 Å². The molecule has 6 aromatic carbocycles. The van der Waals surface area contributed by atoms with E-state index in [1.165, 1.54) is 5.39 Å². The van der Waals surface area contributed by atoms with E-state index in [9.17, 15) is 0 Å². The van der Waals surface area contributed by atoms with Gasteiger partial charge in [0, 0.05) is 50.3 Å². The normalized spacial score (nSPS) is 12.1. The Balaban J connectivity index is 1.28. The van der Waals surface area contributed by atoms with E-state index in [4.69, 9.17) is 18.2 Å². The van der Waals surface area contributed by atoms with Crippen molar-refractivity contribution in [1.82, 2.24) is 4.98 Å². The topological polar surface area (TPSA) is 55.6 Å². The van der Waals surface area contributed by atoms with Crippen LogP contribution in [0.25, 0.3) is 76.6 Å². The van der Waals surface area contributed by atoms with Crippen LogP contribution in [0.2, 0.25) is 0 Å². The third-order valence-corrected chi connectivity index (χ3v) is 8.71. The number of hydrogen-bond donors (Lipinski definition) is 0. The van der Waals surface area contributed by atoms with E-state index >= 15 is 0 Å². The average Bonchev–Trinajstić information content (AvgIpc) is 3.76. The minimum absolute atomic E-state index is 0.699. The molecule has 0 radical (unpaired) electrons. The number of nitrogens with zero attached hydrogens (tertiary/aromatic N) is 2. The Morgan fingerprint density at radius 1 is 0.432 bits per heavy atom. The molecule has 10 rings (SSSR count). The quantitative estimate of drug-likeness (QED) is 0.213. The average molecular weight is 567 g/mol. The Labute approximate surface area is 250 Å². The van der Waals surface area contributed by atoms with Gasteiger partial charge in [0.25, 0.3) is 0 Å². The highest BCUT2D eigenvalue weighted by Crippen LogP contribution is 2.44. The molecule has 0 atom stereocenters. The van der Waals surface area contributed by atoms with Gasteiger partial charge < -0.3 is 13.3 Å². The Bertz CT molecular complexity index is 2750. The molecule has 0 spiro atoms. The lowest BCUT2D eigenvalue weighted by Crippen LogP contribution is -2.11.